The molecule has 3 rings (SSSR count). The molecular formula is C17H23N5O2. The van der Waals surface area contributed by atoms with Gasteiger partial charge in [-0.05, 0) is 50.7 Å². The Labute approximate surface area is 141 Å². The maximum absolute atomic E-state index is 11.9. The van der Waals surface area contributed by atoms with Crippen LogP contribution in [0, 0.1) is 13.8 Å². The number of anilines is 1. The van der Waals surface area contributed by atoms with Gasteiger partial charge in [0.1, 0.15) is 5.66 Å². The van der Waals surface area contributed by atoms with E-state index in [9.17, 15) is 9.90 Å². The molecule has 1 saturated carbocycles. The van der Waals surface area contributed by atoms with Crippen molar-refractivity contribution in [1.29, 1.82) is 0 Å². The Balaban J connectivity index is 2.25. The lowest BCUT2D eigenvalue weighted by atomic mass is 9.86. The summed E-state index contributed by atoms with van der Waals surface area (Å²) < 4.78 is 0. The number of hydrogen-bond donors (Lipinski definition) is 3. The lowest BCUT2D eigenvalue weighted by molar-refractivity contribution is 0.0696. The molecule has 0 radical (unpaired) electrons. The second kappa shape index (κ2) is 5.81. The topological polar surface area (TPSA) is 117 Å². The highest BCUT2D eigenvalue weighted by Gasteiger charge is 2.44. The number of guanidine groups is 2. The number of carboxylic acids is 1. The van der Waals surface area contributed by atoms with Crippen molar-refractivity contribution in [2.45, 2.75) is 51.6 Å². The van der Waals surface area contributed by atoms with E-state index in [2.05, 4.69) is 9.98 Å². The Kier molecular flexibility index (Phi) is 3.95. The van der Waals surface area contributed by atoms with E-state index >= 15 is 0 Å². The number of nitrogens with zero attached hydrogens (tertiary/aromatic N) is 3. The first-order chi connectivity index (χ1) is 11.4. The van der Waals surface area contributed by atoms with Gasteiger partial charge in [-0.1, -0.05) is 18.6 Å². The summed E-state index contributed by atoms with van der Waals surface area (Å²) in [7, 11) is 0. The third-order valence-electron chi connectivity index (χ3n) is 4.88. The molecular weight excluding hydrogens is 306 g/mol. The Hall–Kier alpha value is -2.57. The van der Waals surface area contributed by atoms with Crippen LogP contribution in [0.2, 0.25) is 0 Å². The van der Waals surface area contributed by atoms with E-state index in [0.717, 1.165) is 37.7 Å². The molecule has 0 bridgehead atoms. The van der Waals surface area contributed by atoms with E-state index in [4.69, 9.17) is 11.5 Å². The van der Waals surface area contributed by atoms with Crippen molar-refractivity contribution in [3.63, 3.8) is 0 Å². The number of aromatic carboxylic acids is 1. The minimum absolute atomic E-state index is 0.160. The summed E-state index contributed by atoms with van der Waals surface area (Å²) in [5, 5.41) is 9.76. The van der Waals surface area contributed by atoms with Crippen LogP contribution in [0.15, 0.2) is 22.1 Å². The summed E-state index contributed by atoms with van der Waals surface area (Å²) in [6.07, 6.45) is 4.66. The normalized spacial score (nSPS) is 19.8. The van der Waals surface area contributed by atoms with Crippen LogP contribution in [0.1, 0.15) is 53.6 Å². The number of carboxylic acid groups (broad SMARTS) is 1. The number of benzene rings is 1. The van der Waals surface area contributed by atoms with Crippen molar-refractivity contribution in [2.24, 2.45) is 21.5 Å². The van der Waals surface area contributed by atoms with Gasteiger partial charge >= 0.3 is 5.97 Å². The molecule has 7 heteroatoms. The molecule has 7 nitrogen and oxygen atoms in total. The monoisotopic (exact) mass is 329 g/mol. The molecule has 128 valence electrons. The second-order valence-electron chi connectivity index (χ2n) is 6.55. The highest BCUT2D eigenvalue weighted by atomic mass is 16.4. The summed E-state index contributed by atoms with van der Waals surface area (Å²) in [4.78, 5) is 22.4. The summed E-state index contributed by atoms with van der Waals surface area (Å²) >= 11 is 0. The molecule has 0 atom stereocenters. The van der Waals surface area contributed by atoms with E-state index in [-0.39, 0.29) is 17.5 Å². The first-order valence-corrected chi connectivity index (χ1v) is 8.19. The maximum atomic E-state index is 11.9. The van der Waals surface area contributed by atoms with E-state index in [1.807, 2.05) is 19.1 Å². The van der Waals surface area contributed by atoms with Crippen LogP contribution in [0.3, 0.4) is 0 Å². The Morgan fingerprint density at radius 3 is 2.42 bits per heavy atom. The first-order valence-electron chi connectivity index (χ1n) is 8.19. The van der Waals surface area contributed by atoms with Crippen molar-refractivity contribution in [3.8, 4) is 0 Å². The molecule has 0 saturated heterocycles. The molecule has 0 aromatic heterocycles. The van der Waals surface area contributed by atoms with Crippen LogP contribution in [0.25, 0.3) is 0 Å². The van der Waals surface area contributed by atoms with Crippen molar-refractivity contribution >= 4 is 23.6 Å². The minimum Gasteiger partial charge on any atom is -0.478 e. The van der Waals surface area contributed by atoms with Gasteiger partial charge in [0.15, 0.2) is 0 Å². The number of rotatable bonds is 2. The second-order valence-corrected chi connectivity index (χ2v) is 6.55. The van der Waals surface area contributed by atoms with Gasteiger partial charge in [0, 0.05) is 0 Å². The molecule has 1 aromatic rings. The average Bonchev–Trinajstić information content (AvgIpc) is 2.50. The molecule has 24 heavy (non-hydrogen) atoms. The highest BCUT2D eigenvalue weighted by molar-refractivity contribution is 6.09. The van der Waals surface area contributed by atoms with Gasteiger partial charge in [-0.2, -0.15) is 4.99 Å². The number of nitrogens with two attached hydrogens (primary N) is 2. The van der Waals surface area contributed by atoms with E-state index in [0.29, 0.717) is 11.3 Å². The lowest BCUT2D eigenvalue weighted by Crippen LogP contribution is -2.59. The first kappa shape index (κ1) is 16.3. The fourth-order valence-electron chi connectivity index (χ4n) is 3.80. The fraction of sp³-hybridized carbons (Fsp3) is 0.471. The molecule has 0 amide bonds. The lowest BCUT2D eigenvalue weighted by Gasteiger charge is -2.46. The van der Waals surface area contributed by atoms with Crippen LogP contribution < -0.4 is 16.4 Å². The van der Waals surface area contributed by atoms with Crippen LogP contribution in [-0.4, -0.2) is 28.7 Å². The molecule has 1 aliphatic heterocycles. The number of aryl methyl sites for hydroxylation is 2. The summed E-state index contributed by atoms with van der Waals surface area (Å²) in [5.41, 5.74) is 13.8. The predicted molar refractivity (Wildman–Crippen MR) is 94.4 cm³/mol. The van der Waals surface area contributed by atoms with Gasteiger partial charge in [0.25, 0.3) is 0 Å². The largest absolute Gasteiger partial charge is 0.478 e. The van der Waals surface area contributed by atoms with Crippen LogP contribution in [-0.2, 0) is 0 Å². The Morgan fingerprint density at radius 2 is 1.79 bits per heavy atom. The molecule has 1 spiro atoms. The van der Waals surface area contributed by atoms with Gasteiger partial charge in [-0.25, -0.2) is 9.79 Å². The fourth-order valence-corrected chi connectivity index (χ4v) is 3.80. The third-order valence-corrected chi connectivity index (χ3v) is 4.88. The molecule has 1 fully saturated rings. The Morgan fingerprint density at radius 1 is 1.17 bits per heavy atom. The van der Waals surface area contributed by atoms with Crippen LogP contribution in [0.5, 0.6) is 0 Å². The zero-order valence-electron chi connectivity index (χ0n) is 14.0. The maximum Gasteiger partial charge on any atom is 0.338 e. The van der Waals surface area contributed by atoms with E-state index in [1.165, 1.54) is 0 Å². The zero-order chi connectivity index (χ0) is 17.5. The molecule has 5 N–H and O–H groups in total. The molecule has 1 aliphatic carbocycles. The average molecular weight is 329 g/mol. The molecule has 2 aliphatic rings. The quantitative estimate of drug-likeness (QED) is 0.768. The standard InChI is InChI=1S/C17H23N5O2/c1-10-6-7-11(2)13(12(10)14(23)24)22-16(19)20-15(18)21-17(22)8-4-3-5-9-17/h6-7H,3-5,8-9H2,1-2H3,(H,23,24)(H4,18,19,20,21). The van der Waals surface area contributed by atoms with E-state index in [1.54, 1.807) is 11.8 Å². The minimum atomic E-state index is -0.979. The predicted octanol–water partition coefficient (Wildman–Crippen LogP) is 2.11. The van der Waals surface area contributed by atoms with Gasteiger partial charge in [-0.3, -0.25) is 4.90 Å². The zero-order valence-corrected chi connectivity index (χ0v) is 14.0. The van der Waals surface area contributed by atoms with Gasteiger partial charge < -0.3 is 16.6 Å². The SMILES string of the molecule is Cc1ccc(C)c(N2C(N)=NC(N)=NC23CCCCC3)c1C(=O)O. The van der Waals surface area contributed by atoms with Gasteiger partial charge in [0.2, 0.25) is 11.9 Å². The van der Waals surface area contributed by atoms with Gasteiger partial charge in [0.05, 0.1) is 11.3 Å². The highest BCUT2D eigenvalue weighted by Crippen LogP contribution is 2.42. The third kappa shape index (κ3) is 2.50. The van der Waals surface area contributed by atoms with Crippen LogP contribution >= 0.6 is 0 Å². The summed E-state index contributed by atoms with van der Waals surface area (Å²) in [6, 6.07) is 3.72. The van der Waals surface area contributed by atoms with Crippen molar-refractivity contribution in [1.82, 2.24) is 0 Å². The molecule has 0 unspecified atom stereocenters. The summed E-state index contributed by atoms with van der Waals surface area (Å²) in [6.45, 7) is 3.67. The number of carbonyl (C=O) groups is 1. The number of aliphatic imine (C=N–C) groups is 2. The van der Waals surface area contributed by atoms with Crippen molar-refractivity contribution in [3.05, 3.63) is 28.8 Å². The summed E-state index contributed by atoms with van der Waals surface area (Å²) in [5.74, 6) is -0.610. The smallest absolute Gasteiger partial charge is 0.338 e. The molecule has 1 heterocycles. The van der Waals surface area contributed by atoms with Gasteiger partial charge in [-0.15, -0.1) is 0 Å². The number of hydrogen-bond acceptors (Lipinski definition) is 6. The molecule has 1 aromatic carbocycles. The Bertz CT molecular complexity index is 748. The van der Waals surface area contributed by atoms with Crippen LogP contribution in [0.4, 0.5) is 5.69 Å². The van der Waals surface area contributed by atoms with Crippen molar-refractivity contribution in [2.75, 3.05) is 4.90 Å². The van der Waals surface area contributed by atoms with E-state index < -0.39 is 11.6 Å². The van der Waals surface area contributed by atoms with Crippen molar-refractivity contribution < 1.29 is 9.90 Å².